The molecule has 0 aliphatic carbocycles. The number of carbonyl (C=O) groups is 1. The van der Waals surface area contributed by atoms with Crippen LogP contribution in [0.5, 0.6) is 0 Å². The van der Waals surface area contributed by atoms with Crippen LogP contribution in [-0.4, -0.2) is 65.3 Å². The number of hydrogen-bond acceptors (Lipinski definition) is 4. The largest absolute Gasteiger partial charge is 0.447 e. The lowest BCUT2D eigenvalue weighted by atomic mass is 9.96. The van der Waals surface area contributed by atoms with Gasteiger partial charge in [0.05, 0.1) is 6.10 Å². The Kier molecular flexibility index (Phi) is 6.45. The minimum Gasteiger partial charge on any atom is -0.447 e. The number of piperidine rings is 1. The van der Waals surface area contributed by atoms with Gasteiger partial charge in [-0.2, -0.15) is 0 Å². The monoisotopic (exact) mass is 322 g/mol. The standard InChI is InChI=1S/C17H30N4O2/c1-14(2)23-17(22)21-11-6-15(7-12-21)16-18-8-13-20(16)10-5-9-19(3)4/h8,13-15H,5-7,9-12H2,1-4H3. The van der Waals surface area contributed by atoms with E-state index in [2.05, 4.69) is 34.7 Å². The molecule has 1 amide bonds. The molecule has 0 bridgehead atoms. The fourth-order valence-corrected chi connectivity index (χ4v) is 3.02. The predicted molar refractivity (Wildman–Crippen MR) is 90.6 cm³/mol. The summed E-state index contributed by atoms with van der Waals surface area (Å²) in [5.74, 6) is 1.60. The highest BCUT2D eigenvalue weighted by atomic mass is 16.6. The van der Waals surface area contributed by atoms with E-state index in [-0.39, 0.29) is 12.2 Å². The lowest BCUT2D eigenvalue weighted by molar-refractivity contribution is 0.0687. The van der Waals surface area contributed by atoms with E-state index in [9.17, 15) is 4.79 Å². The first-order valence-electron chi connectivity index (χ1n) is 8.58. The van der Waals surface area contributed by atoms with Crippen LogP contribution in [0.2, 0.25) is 0 Å². The van der Waals surface area contributed by atoms with E-state index in [4.69, 9.17) is 4.74 Å². The normalized spacial score (nSPS) is 16.3. The second-order valence-corrected chi connectivity index (χ2v) is 6.83. The Balaban J connectivity index is 1.86. The number of likely N-dealkylation sites (tertiary alicyclic amines) is 1. The number of nitrogens with zero attached hydrogens (tertiary/aromatic N) is 4. The Morgan fingerprint density at radius 1 is 1.39 bits per heavy atom. The highest BCUT2D eigenvalue weighted by molar-refractivity contribution is 5.67. The van der Waals surface area contributed by atoms with Crippen LogP contribution in [0.15, 0.2) is 12.4 Å². The molecule has 6 nitrogen and oxygen atoms in total. The first kappa shape index (κ1) is 17.8. The van der Waals surface area contributed by atoms with Crippen LogP contribution in [-0.2, 0) is 11.3 Å². The third kappa shape index (κ3) is 5.23. The van der Waals surface area contributed by atoms with Crippen LogP contribution in [0, 0.1) is 0 Å². The SMILES string of the molecule is CC(C)OC(=O)N1CCC(c2nccn2CCCN(C)C)CC1. The molecule has 0 aromatic carbocycles. The maximum atomic E-state index is 12.0. The fraction of sp³-hybridized carbons (Fsp3) is 0.765. The van der Waals surface area contributed by atoms with Crippen molar-refractivity contribution in [1.82, 2.24) is 19.4 Å². The van der Waals surface area contributed by atoms with E-state index < -0.39 is 0 Å². The van der Waals surface area contributed by atoms with E-state index in [0.29, 0.717) is 5.92 Å². The molecule has 1 aliphatic heterocycles. The first-order valence-corrected chi connectivity index (χ1v) is 8.58. The van der Waals surface area contributed by atoms with Gasteiger partial charge < -0.3 is 19.1 Å². The van der Waals surface area contributed by atoms with Gasteiger partial charge in [0.15, 0.2) is 0 Å². The predicted octanol–water partition coefficient (Wildman–Crippen LogP) is 2.56. The molecule has 2 heterocycles. The molecule has 1 fully saturated rings. The third-order valence-electron chi connectivity index (χ3n) is 4.21. The van der Waals surface area contributed by atoms with E-state index in [1.807, 2.05) is 24.9 Å². The minimum absolute atomic E-state index is 0.0594. The molecule has 1 aromatic rings. The van der Waals surface area contributed by atoms with Gasteiger partial charge in [-0.25, -0.2) is 9.78 Å². The number of rotatable bonds is 6. The number of ether oxygens (including phenoxy) is 1. The molecule has 23 heavy (non-hydrogen) atoms. The van der Waals surface area contributed by atoms with Crippen molar-refractivity contribution >= 4 is 6.09 Å². The summed E-state index contributed by atoms with van der Waals surface area (Å²) in [6.07, 6.45) is 6.75. The molecule has 2 rings (SSSR count). The van der Waals surface area contributed by atoms with Crippen molar-refractivity contribution in [3.8, 4) is 0 Å². The van der Waals surface area contributed by atoms with Crippen molar-refractivity contribution in [2.75, 3.05) is 33.7 Å². The van der Waals surface area contributed by atoms with E-state index in [1.54, 1.807) is 0 Å². The number of hydrogen-bond donors (Lipinski definition) is 0. The highest BCUT2D eigenvalue weighted by Crippen LogP contribution is 2.27. The summed E-state index contributed by atoms with van der Waals surface area (Å²) in [5, 5.41) is 0. The number of carbonyl (C=O) groups excluding carboxylic acids is 1. The zero-order chi connectivity index (χ0) is 16.8. The molecule has 6 heteroatoms. The van der Waals surface area contributed by atoms with Crippen LogP contribution >= 0.6 is 0 Å². The quantitative estimate of drug-likeness (QED) is 0.808. The number of imidazole rings is 1. The summed E-state index contributed by atoms with van der Waals surface area (Å²) < 4.78 is 7.55. The third-order valence-corrected chi connectivity index (χ3v) is 4.21. The molecule has 0 spiro atoms. The smallest absolute Gasteiger partial charge is 0.410 e. The zero-order valence-electron chi connectivity index (χ0n) is 14.9. The molecule has 0 N–H and O–H groups in total. The molecule has 1 saturated heterocycles. The molecule has 0 radical (unpaired) electrons. The highest BCUT2D eigenvalue weighted by Gasteiger charge is 2.27. The van der Waals surface area contributed by atoms with E-state index in [0.717, 1.165) is 45.4 Å². The molecule has 0 unspecified atom stereocenters. The van der Waals surface area contributed by atoms with Crippen LogP contribution in [0.25, 0.3) is 0 Å². The maximum Gasteiger partial charge on any atom is 0.410 e. The molecular formula is C17H30N4O2. The van der Waals surface area contributed by atoms with Crippen LogP contribution in [0.4, 0.5) is 4.79 Å². The lowest BCUT2D eigenvalue weighted by Crippen LogP contribution is -2.39. The first-order chi connectivity index (χ1) is 11.0. The van der Waals surface area contributed by atoms with Crippen LogP contribution in [0.1, 0.15) is 44.9 Å². The Bertz CT molecular complexity index is 491. The summed E-state index contributed by atoms with van der Waals surface area (Å²) in [5.41, 5.74) is 0. The molecule has 130 valence electrons. The van der Waals surface area contributed by atoms with Gasteiger partial charge in [-0.15, -0.1) is 0 Å². The van der Waals surface area contributed by atoms with Gasteiger partial charge in [0.1, 0.15) is 5.82 Å². The number of aromatic nitrogens is 2. The Morgan fingerprint density at radius 3 is 2.70 bits per heavy atom. The number of amides is 1. The Hall–Kier alpha value is -1.56. The zero-order valence-corrected chi connectivity index (χ0v) is 14.9. The van der Waals surface area contributed by atoms with Crippen molar-refractivity contribution < 1.29 is 9.53 Å². The maximum absolute atomic E-state index is 12.0. The van der Waals surface area contributed by atoms with E-state index >= 15 is 0 Å². The van der Waals surface area contributed by atoms with Gasteiger partial charge in [-0.1, -0.05) is 0 Å². The Morgan fingerprint density at radius 2 is 2.09 bits per heavy atom. The fourth-order valence-electron chi connectivity index (χ4n) is 3.02. The number of aryl methyl sites for hydroxylation is 1. The summed E-state index contributed by atoms with van der Waals surface area (Å²) in [6, 6.07) is 0. The molecule has 0 saturated carbocycles. The van der Waals surface area contributed by atoms with Gasteiger partial charge in [0.2, 0.25) is 0 Å². The van der Waals surface area contributed by atoms with Crippen molar-refractivity contribution in [2.24, 2.45) is 0 Å². The van der Waals surface area contributed by atoms with Gasteiger partial charge in [-0.05, 0) is 53.8 Å². The Labute approximate surface area is 139 Å². The van der Waals surface area contributed by atoms with Gasteiger partial charge in [0, 0.05) is 37.9 Å². The molecule has 0 atom stereocenters. The van der Waals surface area contributed by atoms with Crippen molar-refractivity contribution in [1.29, 1.82) is 0 Å². The van der Waals surface area contributed by atoms with Crippen molar-refractivity contribution in [3.05, 3.63) is 18.2 Å². The van der Waals surface area contributed by atoms with Gasteiger partial charge >= 0.3 is 6.09 Å². The van der Waals surface area contributed by atoms with Crippen LogP contribution in [0.3, 0.4) is 0 Å². The average molecular weight is 322 g/mol. The molecule has 1 aliphatic rings. The van der Waals surface area contributed by atoms with Gasteiger partial charge in [-0.3, -0.25) is 0 Å². The summed E-state index contributed by atoms with van der Waals surface area (Å²) >= 11 is 0. The van der Waals surface area contributed by atoms with Crippen LogP contribution < -0.4 is 0 Å². The second-order valence-electron chi connectivity index (χ2n) is 6.83. The summed E-state index contributed by atoms with van der Waals surface area (Å²) in [4.78, 5) is 20.5. The summed E-state index contributed by atoms with van der Waals surface area (Å²) in [7, 11) is 4.20. The topological polar surface area (TPSA) is 50.6 Å². The molecule has 1 aromatic heterocycles. The van der Waals surface area contributed by atoms with Crippen molar-refractivity contribution in [2.45, 2.75) is 51.7 Å². The van der Waals surface area contributed by atoms with Crippen molar-refractivity contribution in [3.63, 3.8) is 0 Å². The second kappa shape index (κ2) is 8.34. The lowest BCUT2D eigenvalue weighted by Gasteiger charge is -2.31. The molecular weight excluding hydrogens is 292 g/mol. The summed E-state index contributed by atoms with van der Waals surface area (Å²) in [6.45, 7) is 7.35. The van der Waals surface area contributed by atoms with Gasteiger partial charge in [0.25, 0.3) is 0 Å². The van der Waals surface area contributed by atoms with E-state index in [1.165, 1.54) is 5.82 Å². The average Bonchev–Trinajstić information content (AvgIpc) is 2.95. The minimum atomic E-state index is -0.187.